The van der Waals surface area contributed by atoms with Crippen LogP contribution in [0, 0.1) is 5.92 Å². The molecule has 3 nitrogen and oxygen atoms in total. The smallest absolute Gasteiger partial charge is 0.0589 e. The maximum absolute atomic E-state index is 12.2. The van der Waals surface area contributed by atoms with Crippen LogP contribution in [0.2, 0.25) is 10.0 Å². The Morgan fingerprint density at radius 1 is 1.42 bits per heavy atom. The summed E-state index contributed by atoms with van der Waals surface area (Å²) in [6.45, 7) is 2.84. The van der Waals surface area contributed by atoms with Crippen molar-refractivity contribution in [1.82, 2.24) is 4.90 Å². The van der Waals surface area contributed by atoms with Crippen LogP contribution in [-0.4, -0.2) is 46.2 Å². The lowest BCUT2D eigenvalue weighted by Crippen LogP contribution is -2.26. The van der Waals surface area contributed by atoms with Gasteiger partial charge in [0.2, 0.25) is 0 Å². The van der Waals surface area contributed by atoms with Crippen molar-refractivity contribution < 1.29 is 9.32 Å². The first-order chi connectivity index (χ1) is 9.10. The highest BCUT2D eigenvalue weighted by Crippen LogP contribution is 2.24. The zero-order chi connectivity index (χ0) is 13.8. The molecule has 0 radical (unpaired) electrons. The summed E-state index contributed by atoms with van der Waals surface area (Å²) >= 11 is 11.9. The summed E-state index contributed by atoms with van der Waals surface area (Å²) in [5, 5.41) is 10.1. The van der Waals surface area contributed by atoms with Gasteiger partial charge in [0.1, 0.15) is 0 Å². The highest BCUT2D eigenvalue weighted by molar-refractivity contribution is 7.85. The molecule has 106 valence electrons. The fourth-order valence-corrected chi connectivity index (χ4v) is 4.04. The van der Waals surface area contributed by atoms with Crippen LogP contribution in [0.3, 0.4) is 0 Å². The summed E-state index contributed by atoms with van der Waals surface area (Å²) < 4.78 is 12.2. The molecule has 1 N–H and O–H groups in total. The SMILES string of the molecule is O=S(CCN1CCC(CO)C1)c1cc(Cl)ccc1Cl. The van der Waals surface area contributed by atoms with E-state index in [9.17, 15) is 4.21 Å². The molecule has 1 fully saturated rings. The average Bonchev–Trinajstić information content (AvgIpc) is 2.87. The molecule has 0 saturated carbocycles. The molecule has 2 unspecified atom stereocenters. The van der Waals surface area contributed by atoms with Crippen LogP contribution in [-0.2, 0) is 10.8 Å². The van der Waals surface area contributed by atoms with Gasteiger partial charge in [0, 0.05) is 30.5 Å². The van der Waals surface area contributed by atoms with Gasteiger partial charge in [0.25, 0.3) is 0 Å². The number of likely N-dealkylation sites (tertiary alicyclic amines) is 1. The molecular weight excluding hydrogens is 305 g/mol. The molecule has 2 rings (SSSR count). The standard InChI is InChI=1S/C13H17Cl2NO2S/c14-11-1-2-12(15)13(7-11)19(18)6-5-16-4-3-10(8-16)9-17/h1-2,7,10,17H,3-6,8-9H2. The second-order valence-electron chi connectivity index (χ2n) is 4.76. The normalized spacial score (nSPS) is 21.7. The second kappa shape index (κ2) is 7.04. The van der Waals surface area contributed by atoms with Crippen molar-refractivity contribution in [3.05, 3.63) is 28.2 Å². The van der Waals surface area contributed by atoms with Crippen LogP contribution in [0.15, 0.2) is 23.1 Å². The van der Waals surface area contributed by atoms with Gasteiger partial charge in [-0.15, -0.1) is 0 Å². The molecule has 6 heteroatoms. The monoisotopic (exact) mass is 321 g/mol. The van der Waals surface area contributed by atoms with E-state index in [1.54, 1.807) is 18.2 Å². The van der Waals surface area contributed by atoms with Gasteiger partial charge in [-0.05, 0) is 37.1 Å². The zero-order valence-corrected chi connectivity index (χ0v) is 12.8. The highest BCUT2D eigenvalue weighted by atomic mass is 35.5. The Labute approximate surface area is 126 Å². The van der Waals surface area contributed by atoms with Crippen LogP contribution < -0.4 is 0 Å². The lowest BCUT2D eigenvalue weighted by molar-refractivity contribution is 0.224. The lowest BCUT2D eigenvalue weighted by atomic mass is 10.1. The maximum Gasteiger partial charge on any atom is 0.0589 e. The molecule has 1 aliphatic heterocycles. The largest absolute Gasteiger partial charge is 0.396 e. The predicted molar refractivity (Wildman–Crippen MR) is 79.4 cm³/mol. The lowest BCUT2D eigenvalue weighted by Gasteiger charge is -2.15. The van der Waals surface area contributed by atoms with E-state index in [1.807, 2.05) is 0 Å². The number of rotatable bonds is 5. The first-order valence-electron chi connectivity index (χ1n) is 6.27. The highest BCUT2D eigenvalue weighted by Gasteiger charge is 2.22. The Morgan fingerprint density at radius 3 is 2.89 bits per heavy atom. The van der Waals surface area contributed by atoms with Gasteiger partial charge in [0.05, 0.1) is 20.7 Å². The number of nitrogens with zero attached hydrogens (tertiary/aromatic N) is 1. The topological polar surface area (TPSA) is 40.5 Å². The Hall–Kier alpha value is -0.130. The van der Waals surface area contributed by atoms with Gasteiger partial charge in [0.15, 0.2) is 0 Å². The molecule has 1 aromatic rings. The summed E-state index contributed by atoms with van der Waals surface area (Å²) in [6, 6.07) is 5.03. The second-order valence-corrected chi connectivity index (χ2v) is 7.15. The Balaban J connectivity index is 1.89. The van der Waals surface area contributed by atoms with Crippen molar-refractivity contribution >= 4 is 34.0 Å². The van der Waals surface area contributed by atoms with E-state index < -0.39 is 10.8 Å². The van der Waals surface area contributed by atoms with Crippen LogP contribution >= 0.6 is 23.2 Å². The van der Waals surface area contributed by atoms with Crippen molar-refractivity contribution in [3.8, 4) is 0 Å². The number of hydrogen-bond donors (Lipinski definition) is 1. The Morgan fingerprint density at radius 2 is 2.21 bits per heavy atom. The molecule has 0 amide bonds. The van der Waals surface area contributed by atoms with Crippen molar-refractivity contribution in [2.75, 3.05) is 32.0 Å². The van der Waals surface area contributed by atoms with Gasteiger partial charge in [-0.3, -0.25) is 4.21 Å². The van der Waals surface area contributed by atoms with Crippen LogP contribution in [0.4, 0.5) is 0 Å². The zero-order valence-electron chi connectivity index (χ0n) is 10.5. The Bertz CT molecular complexity index is 470. The van der Waals surface area contributed by atoms with Crippen LogP contribution in [0.5, 0.6) is 0 Å². The number of halogens is 2. The minimum atomic E-state index is -1.14. The van der Waals surface area contributed by atoms with E-state index in [0.29, 0.717) is 26.6 Å². The van der Waals surface area contributed by atoms with Crippen molar-refractivity contribution in [1.29, 1.82) is 0 Å². The minimum Gasteiger partial charge on any atom is -0.396 e. The van der Waals surface area contributed by atoms with Crippen LogP contribution in [0.25, 0.3) is 0 Å². The molecule has 2 atom stereocenters. The van der Waals surface area contributed by atoms with Crippen molar-refractivity contribution in [2.45, 2.75) is 11.3 Å². The maximum atomic E-state index is 12.2. The van der Waals surface area contributed by atoms with E-state index in [1.165, 1.54) is 0 Å². The summed E-state index contributed by atoms with van der Waals surface area (Å²) in [5.41, 5.74) is 0. The first kappa shape index (κ1) is 15.3. The van der Waals surface area contributed by atoms with E-state index in [4.69, 9.17) is 28.3 Å². The molecule has 1 aromatic carbocycles. The third-order valence-corrected chi connectivity index (χ3v) is 5.42. The third-order valence-electron chi connectivity index (χ3n) is 3.36. The van der Waals surface area contributed by atoms with Gasteiger partial charge in [-0.1, -0.05) is 23.2 Å². The Kier molecular flexibility index (Phi) is 5.66. The number of aliphatic hydroxyl groups is 1. The summed E-state index contributed by atoms with van der Waals surface area (Å²) in [5.74, 6) is 0.904. The molecule has 0 aromatic heterocycles. The molecular formula is C13H17Cl2NO2S. The van der Waals surface area contributed by atoms with E-state index in [2.05, 4.69) is 4.90 Å². The molecule has 0 spiro atoms. The van der Waals surface area contributed by atoms with Crippen molar-refractivity contribution in [3.63, 3.8) is 0 Å². The van der Waals surface area contributed by atoms with E-state index in [0.717, 1.165) is 26.1 Å². The third kappa shape index (κ3) is 4.17. The molecule has 1 heterocycles. The first-order valence-corrected chi connectivity index (χ1v) is 8.34. The van der Waals surface area contributed by atoms with Gasteiger partial charge >= 0.3 is 0 Å². The van der Waals surface area contributed by atoms with Gasteiger partial charge < -0.3 is 10.0 Å². The summed E-state index contributed by atoms with van der Waals surface area (Å²) in [6.07, 6.45) is 1.01. The van der Waals surface area contributed by atoms with E-state index >= 15 is 0 Å². The molecule has 0 aliphatic carbocycles. The molecule has 19 heavy (non-hydrogen) atoms. The fraction of sp³-hybridized carbons (Fsp3) is 0.538. The van der Waals surface area contributed by atoms with Crippen molar-refractivity contribution in [2.24, 2.45) is 5.92 Å². The molecule has 1 saturated heterocycles. The summed E-state index contributed by atoms with van der Waals surface area (Å²) in [4.78, 5) is 2.84. The molecule has 1 aliphatic rings. The van der Waals surface area contributed by atoms with E-state index in [-0.39, 0.29) is 6.61 Å². The number of benzene rings is 1. The van der Waals surface area contributed by atoms with Gasteiger partial charge in [-0.2, -0.15) is 0 Å². The average molecular weight is 322 g/mol. The minimum absolute atomic E-state index is 0.236. The fourth-order valence-electron chi connectivity index (χ4n) is 2.24. The number of aliphatic hydroxyl groups excluding tert-OH is 1. The van der Waals surface area contributed by atoms with Gasteiger partial charge in [-0.25, -0.2) is 0 Å². The quantitative estimate of drug-likeness (QED) is 0.905. The van der Waals surface area contributed by atoms with Crippen LogP contribution in [0.1, 0.15) is 6.42 Å². The predicted octanol–water partition coefficient (Wildman–Crippen LogP) is 2.42. The number of hydrogen-bond acceptors (Lipinski definition) is 3. The molecule has 0 bridgehead atoms. The summed E-state index contributed by atoms with van der Waals surface area (Å²) in [7, 11) is -1.14.